The minimum absolute atomic E-state index is 0.0625. The van der Waals surface area contributed by atoms with Gasteiger partial charge in [0, 0.05) is 11.5 Å². The van der Waals surface area contributed by atoms with Crippen molar-refractivity contribution in [2.75, 3.05) is 0 Å². The van der Waals surface area contributed by atoms with Crippen molar-refractivity contribution >= 4 is 5.97 Å². The van der Waals surface area contributed by atoms with Gasteiger partial charge >= 0.3 is 5.97 Å². The molecule has 0 saturated heterocycles. The second-order valence-electron chi connectivity index (χ2n) is 4.89. The third kappa shape index (κ3) is 3.35. The number of nitrogens with two attached hydrogens (primary N) is 1. The first-order valence-electron chi connectivity index (χ1n) is 5.38. The predicted molar refractivity (Wildman–Crippen MR) is 64.4 cm³/mol. The molecule has 1 rings (SSSR count). The highest BCUT2D eigenvalue weighted by atomic mass is 16.4. The van der Waals surface area contributed by atoms with E-state index in [1.54, 1.807) is 0 Å². The van der Waals surface area contributed by atoms with E-state index in [0.29, 0.717) is 0 Å². The van der Waals surface area contributed by atoms with E-state index in [1.165, 1.54) is 0 Å². The van der Waals surface area contributed by atoms with Crippen LogP contribution in [-0.4, -0.2) is 16.6 Å². The van der Waals surface area contributed by atoms with Crippen LogP contribution in [0.2, 0.25) is 0 Å². The van der Waals surface area contributed by atoms with Gasteiger partial charge in [-0.05, 0) is 26.3 Å². The van der Waals surface area contributed by atoms with Crippen molar-refractivity contribution in [3.63, 3.8) is 0 Å². The topological polar surface area (TPSA) is 63.3 Å². The Kier molecular flexibility index (Phi) is 3.70. The van der Waals surface area contributed by atoms with Crippen molar-refractivity contribution in [3.8, 4) is 0 Å². The molecule has 16 heavy (non-hydrogen) atoms. The Balaban J connectivity index is 3.06. The van der Waals surface area contributed by atoms with E-state index in [-0.39, 0.29) is 12.3 Å². The molecule has 0 spiro atoms. The first kappa shape index (κ1) is 12.7. The molecule has 0 aliphatic heterocycles. The molecule has 3 heteroatoms. The van der Waals surface area contributed by atoms with Crippen LogP contribution in [0.3, 0.4) is 0 Å². The smallest absolute Gasteiger partial charge is 0.304 e. The quantitative estimate of drug-likeness (QED) is 0.820. The first-order valence-corrected chi connectivity index (χ1v) is 5.38. The van der Waals surface area contributed by atoms with E-state index in [1.807, 2.05) is 45.0 Å². The number of rotatable bonds is 4. The largest absolute Gasteiger partial charge is 0.481 e. The van der Waals surface area contributed by atoms with E-state index in [0.717, 1.165) is 11.1 Å². The van der Waals surface area contributed by atoms with Crippen molar-refractivity contribution < 1.29 is 9.90 Å². The lowest BCUT2D eigenvalue weighted by atomic mass is 9.80. The van der Waals surface area contributed by atoms with Crippen LogP contribution in [0, 0.1) is 6.92 Å². The average Bonchev–Trinajstić information content (AvgIpc) is 2.12. The summed E-state index contributed by atoms with van der Waals surface area (Å²) in [4.78, 5) is 10.9. The lowest BCUT2D eigenvalue weighted by Crippen LogP contribution is -2.40. The summed E-state index contributed by atoms with van der Waals surface area (Å²) in [6.07, 6.45) is 0.0625. The zero-order chi connectivity index (χ0) is 12.3. The molecule has 0 aliphatic carbocycles. The van der Waals surface area contributed by atoms with Gasteiger partial charge in [0.15, 0.2) is 0 Å². The Labute approximate surface area is 96.3 Å². The Bertz CT molecular complexity index is 380. The second kappa shape index (κ2) is 4.66. The lowest BCUT2D eigenvalue weighted by Gasteiger charge is -2.30. The Hall–Kier alpha value is -1.35. The Morgan fingerprint density at radius 2 is 2.12 bits per heavy atom. The molecule has 0 amide bonds. The summed E-state index contributed by atoms with van der Waals surface area (Å²) in [7, 11) is 0. The molecule has 88 valence electrons. The SMILES string of the molecule is Cc1cccc(C(CC(=O)O)C(C)(C)N)c1. The number of benzene rings is 1. The van der Waals surface area contributed by atoms with Crippen molar-refractivity contribution in [3.05, 3.63) is 35.4 Å². The average molecular weight is 221 g/mol. The minimum atomic E-state index is -0.815. The maximum atomic E-state index is 10.9. The van der Waals surface area contributed by atoms with E-state index in [4.69, 9.17) is 10.8 Å². The first-order chi connectivity index (χ1) is 7.30. The zero-order valence-electron chi connectivity index (χ0n) is 10.0. The molecule has 0 heterocycles. The number of aryl methyl sites for hydroxylation is 1. The van der Waals surface area contributed by atoms with Crippen LogP contribution in [-0.2, 0) is 4.79 Å². The Morgan fingerprint density at radius 3 is 2.56 bits per heavy atom. The van der Waals surface area contributed by atoms with Gasteiger partial charge in [-0.1, -0.05) is 29.8 Å². The fourth-order valence-corrected chi connectivity index (χ4v) is 1.87. The minimum Gasteiger partial charge on any atom is -0.481 e. The summed E-state index contributed by atoms with van der Waals surface area (Å²) in [5.41, 5.74) is 7.63. The number of carbonyl (C=O) groups is 1. The molecule has 3 nitrogen and oxygen atoms in total. The van der Waals surface area contributed by atoms with E-state index in [9.17, 15) is 4.79 Å². The predicted octanol–water partition coefficient (Wildman–Crippen LogP) is 2.29. The zero-order valence-corrected chi connectivity index (χ0v) is 10.0. The maximum absolute atomic E-state index is 10.9. The normalized spacial score (nSPS) is 13.5. The van der Waals surface area contributed by atoms with Gasteiger partial charge in [0.25, 0.3) is 0 Å². The van der Waals surface area contributed by atoms with Crippen LogP contribution in [0.25, 0.3) is 0 Å². The number of aliphatic carboxylic acids is 1. The van der Waals surface area contributed by atoms with E-state index < -0.39 is 11.5 Å². The maximum Gasteiger partial charge on any atom is 0.304 e. The third-order valence-electron chi connectivity index (χ3n) is 2.72. The van der Waals surface area contributed by atoms with Gasteiger partial charge in [-0.3, -0.25) is 4.79 Å². The van der Waals surface area contributed by atoms with Gasteiger partial charge in [-0.2, -0.15) is 0 Å². The molecular weight excluding hydrogens is 202 g/mol. The van der Waals surface area contributed by atoms with Gasteiger partial charge in [0.2, 0.25) is 0 Å². The highest BCUT2D eigenvalue weighted by Crippen LogP contribution is 2.29. The molecule has 1 aromatic carbocycles. The molecule has 1 atom stereocenters. The monoisotopic (exact) mass is 221 g/mol. The standard InChI is InChI=1S/C13H19NO2/c1-9-5-4-6-10(7-9)11(8-12(15)16)13(2,3)14/h4-7,11H,8,14H2,1-3H3,(H,15,16). The molecular formula is C13H19NO2. The van der Waals surface area contributed by atoms with Crippen molar-refractivity contribution in [2.24, 2.45) is 5.73 Å². The fraction of sp³-hybridized carbons (Fsp3) is 0.462. The van der Waals surface area contributed by atoms with Crippen LogP contribution < -0.4 is 5.73 Å². The second-order valence-corrected chi connectivity index (χ2v) is 4.89. The van der Waals surface area contributed by atoms with E-state index >= 15 is 0 Å². The number of hydrogen-bond acceptors (Lipinski definition) is 2. The molecule has 1 unspecified atom stereocenters. The van der Waals surface area contributed by atoms with Crippen LogP contribution >= 0.6 is 0 Å². The van der Waals surface area contributed by atoms with Crippen LogP contribution in [0.4, 0.5) is 0 Å². The van der Waals surface area contributed by atoms with Gasteiger partial charge in [0.05, 0.1) is 6.42 Å². The van der Waals surface area contributed by atoms with Crippen LogP contribution in [0.1, 0.15) is 37.3 Å². The summed E-state index contributed by atoms with van der Waals surface area (Å²) in [5.74, 6) is -0.977. The van der Waals surface area contributed by atoms with Crippen molar-refractivity contribution in [2.45, 2.75) is 38.6 Å². The van der Waals surface area contributed by atoms with Crippen molar-refractivity contribution in [1.82, 2.24) is 0 Å². The van der Waals surface area contributed by atoms with Gasteiger partial charge < -0.3 is 10.8 Å². The highest BCUT2D eigenvalue weighted by Gasteiger charge is 2.28. The van der Waals surface area contributed by atoms with Gasteiger partial charge in [-0.25, -0.2) is 0 Å². The summed E-state index contributed by atoms with van der Waals surface area (Å²) in [6.45, 7) is 5.72. The van der Waals surface area contributed by atoms with Crippen LogP contribution in [0.15, 0.2) is 24.3 Å². The summed E-state index contributed by atoms with van der Waals surface area (Å²) in [5, 5.41) is 8.92. The lowest BCUT2D eigenvalue weighted by molar-refractivity contribution is -0.137. The number of carboxylic acids is 1. The van der Waals surface area contributed by atoms with Gasteiger partial charge in [0.1, 0.15) is 0 Å². The summed E-state index contributed by atoms with van der Waals surface area (Å²) < 4.78 is 0. The van der Waals surface area contributed by atoms with Crippen molar-refractivity contribution in [1.29, 1.82) is 0 Å². The Morgan fingerprint density at radius 1 is 1.50 bits per heavy atom. The molecule has 0 saturated carbocycles. The molecule has 0 radical (unpaired) electrons. The third-order valence-corrected chi connectivity index (χ3v) is 2.72. The molecule has 0 fully saturated rings. The number of carboxylic acid groups (broad SMARTS) is 1. The fourth-order valence-electron chi connectivity index (χ4n) is 1.87. The van der Waals surface area contributed by atoms with Gasteiger partial charge in [-0.15, -0.1) is 0 Å². The van der Waals surface area contributed by atoms with Crippen LogP contribution in [0.5, 0.6) is 0 Å². The molecule has 1 aromatic rings. The molecule has 0 aliphatic rings. The molecule has 0 bridgehead atoms. The molecule has 0 aromatic heterocycles. The summed E-state index contributed by atoms with van der Waals surface area (Å²) in [6, 6.07) is 7.87. The van der Waals surface area contributed by atoms with E-state index in [2.05, 4.69) is 0 Å². The molecule has 3 N–H and O–H groups in total. The number of hydrogen-bond donors (Lipinski definition) is 2. The summed E-state index contributed by atoms with van der Waals surface area (Å²) >= 11 is 0. The highest BCUT2D eigenvalue weighted by molar-refractivity contribution is 5.68.